The summed E-state index contributed by atoms with van der Waals surface area (Å²) in [6.07, 6.45) is 5.32. The fourth-order valence-electron chi connectivity index (χ4n) is 3.46. The molecule has 0 spiro atoms. The maximum Gasteiger partial charge on any atom is 0.222 e. The monoisotopic (exact) mass is 296 g/mol. The SMILES string of the molecule is CCCN1CC(CC(O)C2CC2)CC(NC(=O)C(C)C)C1. The van der Waals surface area contributed by atoms with Gasteiger partial charge in [-0.3, -0.25) is 4.79 Å². The fourth-order valence-corrected chi connectivity index (χ4v) is 3.46. The van der Waals surface area contributed by atoms with Crippen molar-refractivity contribution in [1.82, 2.24) is 10.2 Å². The van der Waals surface area contributed by atoms with Gasteiger partial charge in [-0.15, -0.1) is 0 Å². The Hall–Kier alpha value is -0.610. The second kappa shape index (κ2) is 7.59. The zero-order chi connectivity index (χ0) is 15.4. The summed E-state index contributed by atoms with van der Waals surface area (Å²) >= 11 is 0. The van der Waals surface area contributed by atoms with Crippen LogP contribution >= 0.6 is 0 Å². The number of nitrogens with zero attached hydrogens (tertiary/aromatic N) is 1. The van der Waals surface area contributed by atoms with Crippen LogP contribution in [0.15, 0.2) is 0 Å². The van der Waals surface area contributed by atoms with Gasteiger partial charge in [0.25, 0.3) is 0 Å². The lowest BCUT2D eigenvalue weighted by Crippen LogP contribution is -2.52. The highest BCUT2D eigenvalue weighted by atomic mass is 16.3. The van der Waals surface area contributed by atoms with E-state index in [0.29, 0.717) is 11.8 Å². The van der Waals surface area contributed by atoms with Crippen LogP contribution in [-0.2, 0) is 4.79 Å². The molecule has 1 saturated carbocycles. The van der Waals surface area contributed by atoms with Crippen molar-refractivity contribution in [2.24, 2.45) is 17.8 Å². The van der Waals surface area contributed by atoms with E-state index in [1.54, 1.807) is 0 Å². The molecule has 0 aromatic heterocycles. The highest BCUT2D eigenvalue weighted by Crippen LogP contribution is 2.36. The number of aliphatic hydroxyl groups excluding tert-OH is 1. The largest absolute Gasteiger partial charge is 0.393 e. The first-order chi connectivity index (χ1) is 9.99. The lowest BCUT2D eigenvalue weighted by atomic mass is 9.88. The van der Waals surface area contributed by atoms with Crippen LogP contribution in [0.2, 0.25) is 0 Å². The van der Waals surface area contributed by atoms with Crippen molar-refractivity contribution in [2.45, 2.75) is 65.0 Å². The molecule has 122 valence electrons. The summed E-state index contributed by atoms with van der Waals surface area (Å²) in [6.45, 7) is 9.20. The van der Waals surface area contributed by atoms with Gasteiger partial charge in [0.05, 0.1) is 6.10 Å². The zero-order valence-electron chi connectivity index (χ0n) is 13.8. The van der Waals surface area contributed by atoms with Crippen LogP contribution in [0.4, 0.5) is 0 Å². The highest BCUT2D eigenvalue weighted by Gasteiger charge is 2.34. The van der Waals surface area contributed by atoms with Gasteiger partial charge in [0.15, 0.2) is 0 Å². The molecule has 1 heterocycles. The second-order valence-corrected chi connectivity index (χ2v) is 7.36. The number of piperidine rings is 1. The van der Waals surface area contributed by atoms with E-state index in [2.05, 4.69) is 17.1 Å². The maximum absolute atomic E-state index is 11.9. The lowest BCUT2D eigenvalue weighted by molar-refractivity contribution is -0.125. The van der Waals surface area contributed by atoms with Crippen LogP contribution in [0.1, 0.15) is 52.9 Å². The number of nitrogens with one attached hydrogen (secondary N) is 1. The number of hydrogen-bond acceptors (Lipinski definition) is 3. The molecule has 0 aromatic rings. The van der Waals surface area contributed by atoms with E-state index in [9.17, 15) is 9.90 Å². The van der Waals surface area contributed by atoms with E-state index in [-0.39, 0.29) is 24.0 Å². The fraction of sp³-hybridized carbons (Fsp3) is 0.941. The maximum atomic E-state index is 11.9. The Kier molecular flexibility index (Phi) is 6.06. The van der Waals surface area contributed by atoms with Gasteiger partial charge in [-0.25, -0.2) is 0 Å². The van der Waals surface area contributed by atoms with Crippen molar-refractivity contribution >= 4 is 5.91 Å². The van der Waals surface area contributed by atoms with Gasteiger partial charge >= 0.3 is 0 Å². The Balaban J connectivity index is 1.88. The number of carbonyl (C=O) groups is 1. The molecule has 0 bridgehead atoms. The van der Waals surface area contributed by atoms with Crippen LogP contribution in [-0.4, -0.2) is 47.7 Å². The van der Waals surface area contributed by atoms with Gasteiger partial charge in [-0.2, -0.15) is 0 Å². The van der Waals surface area contributed by atoms with Crippen LogP contribution < -0.4 is 5.32 Å². The van der Waals surface area contributed by atoms with Crippen molar-refractivity contribution in [3.63, 3.8) is 0 Å². The van der Waals surface area contributed by atoms with E-state index in [0.717, 1.165) is 38.9 Å². The zero-order valence-corrected chi connectivity index (χ0v) is 13.8. The minimum Gasteiger partial charge on any atom is -0.393 e. The smallest absolute Gasteiger partial charge is 0.222 e. The van der Waals surface area contributed by atoms with Gasteiger partial charge in [0.2, 0.25) is 5.91 Å². The second-order valence-electron chi connectivity index (χ2n) is 7.36. The van der Waals surface area contributed by atoms with Crippen LogP contribution in [0.3, 0.4) is 0 Å². The van der Waals surface area contributed by atoms with Crippen molar-refractivity contribution in [2.75, 3.05) is 19.6 Å². The summed E-state index contributed by atoms with van der Waals surface area (Å²) in [5.41, 5.74) is 0. The van der Waals surface area contributed by atoms with Gasteiger partial charge < -0.3 is 15.3 Å². The average Bonchev–Trinajstić information content (AvgIpc) is 3.22. The Morgan fingerprint density at radius 2 is 2.05 bits per heavy atom. The number of amides is 1. The molecule has 2 aliphatic rings. The predicted molar refractivity (Wildman–Crippen MR) is 85.0 cm³/mol. The molecule has 2 rings (SSSR count). The molecule has 0 radical (unpaired) electrons. The Bertz CT molecular complexity index is 342. The summed E-state index contributed by atoms with van der Waals surface area (Å²) in [6, 6.07) is 0.247. The molecule has 1 saturated heterocycles. The molecule has 1 aliphatic carbocycles. The molecule has 4 heteroatoms. The summed E-state index contributed by atoms with van der Waals surface area (Å²) in [7, 11) is 0. The van der Waals surface area contributed by atoms with Crippen molar-refractivity contribution in [3.05, 3.63) is 0 Å². The van der Waals surface area contributed by atoms with E-state index in [1.165, 1.54) is 12.8 Å². The van der Waals surface area contributed by atoms with Gasteiger partial charge in [-0.1, -0.05) is 20.8 Å². The minimum absolute atomic E-state index is 0.0436. The lowest BCUT2D eigenvalue weighted by Gasteiger charge is -2.39. The molecular weight excluding hydrogens is 264 g/mol. The molecular formula is C17H32N2O2. The van der Waals surface area contributed by atoms with Crippen molar-refractivity contribution in [3.8, 4) is 0 Å². The predicted octanol–water partition coefficient (Wildman–Crippen LogP) is 2.02. The normalized spacial score (nSPS) is 28.6. The third kappa shape index (κ3) is 5.26. The minimum atomic E-state index is -0.127. The summed E-state index contributed by atoms with van der Waals surface area (Å²) < 4.78 is 0. The molecule has 21 heavy (non-hydrogen) atoms. The molecule has 1 amide bonds. The first kappa shape index (κ1) is 16.8. The van der Waals surface area contributed by atoms with Crippen LogP contribution in [0.5, 0.6) is 0 Å². The van der Waals surface area contributed by atoms with Gasteiger partial charge in [0.1, 0.15) is 0 Å². The number of likely N-dealkylation sites (tertiary alicyclic amines) is 1. The van der Waals surface area contributed by atoms with Crippen LogP contribution in [0, 0.1) is 17.8 Å². The summed E-state index contributed by atoms with van der Waals surface area (Å²) in [5.74, 6) is 1.26. The molecule has 1 aliphatic heterocycles. The molecule has 0 aromatic carbocycles. The number of aliphatic hydroxyl groups is 1. The summed E-state index contributed by atoms with van der Waals surface area (Å²) in [4.78, 5) is 14.4. The van der Waals surface area contributed by atoms with E-state index in [1.807, 2.05) is 13.8 Å². The van der Waals surface area contributed by atoms with E-state index >= 15 is 0 Å². The Labute approximate surface area is 129 Å². The number of hydrogen-bond donors (Lipinski definition) is 2. The van der Waals surface area contributed by atoms with Gasteiger partial charge in [0, 0.05) is 25.0 Å². The average molecular weight is 296 g/mol. The first-order valence-corrected chi connectivity index (χ1v) is 8.70. The molecule has 2 fully saturated rings. The van der Waals surface area contributed by atoms with Crippen LogP contribution in [0.25, 0.3) is 0 Å². The van der Waals surface area contributed by atoms with Crippen molar-refractivity contribution < 1.29 is 9.90 Å². The topological polar surface area (TPSA) is 52.6 Å². The first-order valence-electron chi connectivity index (χ1n) is 8.70. The Morgan fingerprint density at radius 3 is 2.62 bits per heavy atom. The van der Waals surface area contributed by atoms with Gasteiger partial charge in [-0.05, 0) is 50.5 Å². The summed E-state index contributed by atoms with van der Waals surface area (Å²) in [5, 5.41) is 13.4. The molecule has 2 N–H and O–H groups in total. The standard InChI is InChI=1S/C17H32N2O2/c1-4-7-19-10-13(9-16(20)14-5-6-14)8-15(11-19)18-17(21)12(2)3/h12-16,20H,4-11H2,1-3H3,(H,18,21). The molecule has 3 unspecified atom stereocenters. The van der Waals surface area contributed by atoms with E-state index < -0.39 is 0 Å². The highest BCUT2D eigenvalue weighted by molar-refractivity contribution is 5.78. The van der Waals surface area contributed by atoms with Crippen molar-refractivity contribution in [1.29, 1.82) is 0 Å². The molecule has 3 atom stereocenters. The molecule has 4 nitrogen and oxygen atoms in total. The number of rotatable bonds is 7. The van der Waals surface area contributed by atoms with E-state index in [4.69, 9.17) is 0 Å². The number of carbonyl (C=O) groups excluding carboxylic acids is 1. The third-order valence-corrected chi connectivity index (χ3v) is 4.76. The third-order valence-electron chi connectivity index (χ3n) is 4.76. The quantitative estimate of drug-likeness (QED) is 0.756. The Morgan fingerprint density at radius 1 is 1.33 bits per heavy atom.